The second-order valence-corrected chi connectivity index (χ2v) is 3.73. The first-order valence-corrected chi connectivity index (χ1v) is 5.33. The van der Waals surface area contributed by atoms with Crippen molar-refractivity contribution < 1.29 is 52.0 Å². The van der Waals surface area contributed by atoms with E-state index in [-0.39, 0.29) is 41.0 Å². The Bertz CT molecular complexity index is 448. The number of hydrogen-bond donors (Lipinski definition) is 1. The number of methoxy groups -OCH3 is 2. The van der Waals surface area contributed by atoms with Gasteiger partial charge < -0.3 is 14.0 Å². The SMILES string of the molecule is COc1ccc(NS(=O)(=O)[O-])c(OC)c1.[Na+]. The van der Waals surface area contributed by atoms with E-state index in [1.54, 1.807) is 4.72 Å². The van der Waals surface area contributed by atoms with Crippen molar-refractivity contribution >= 4 is 16.0 Å². The fraction of sp³-hybridized carbons (Fsp3) is 0.250. The van der Waals surface area contributed by atoms with Crippen LogP contribution in [0.25, 0.3) is 0 Å². The van der Waals surface area contributed by atoms with Crippen LogP contribution in [0.5, 0.6) is 11.5 Å². The average Bonchev–Trinajstić information content (AvgIpc) is 2.16. The number of rotatable bonds is 4. The Morgan fingerprint density at radius 1 is 1.25 bits per heavy atom. The van der Waals surface area contributed by atoms with Crippen LogP contribution in [0.1, 0.15) is 0 Å². The first-order chi connectivity index (χ1) is 6.96. The Morgan fingerprint density at radius 2 is 1.88 bits per heavy atom. The minimum Gasteiger partial charge on any atom is -0.731 e. The van der Waals surface area contributed by atoms with Gasteiger partial charge in [-0.25, -0.2) is 8.42 Å². The van der Waals surface area contributed by atoms with Gasteiger partial charge >= 0.3 is 29.6 Å². The first-order valence-electron chi connectivity index (χ1n) is 3.92. The van der Waals surface area contributed by atoms with Crippen molar-refractivity contribution in [2.45, 2.75) is 0 Å². The predicted molar refractivity (Wildman–Crippen MR) is 52.9 cm³/mol. The quantitative estimate of drug-likeness (QED) is 0.478. The Balaban J connectivity index is 0.00000225. The Labute approximate surface area is 116 Å². The first kappa shape index (κ1) is 15.5. The molecule has 0 aliphatic carbocycles. The zero-order valence-electron chi connectivity index (χ0n) is 9.18. The molecule has 1 rings (SSSR count). The number of hydrogen-bond acceptors (Lipinski definition) is 5. The molecule has 0 atom stereocenters. The van der Waals surface area contributed by atoms with Gasteiger partial charge in [-0.3, -0.25) is 4.72 Å². The van der Waals surface area contributed by atoms with Crippen molar-refractivity contribution in [3.63, 3.8) is 0 Å². The maximum absolute atomic E-state index is 10.5. The van der Waals surface area contributed by atoms with Gasteiger partial charge in [-0.05, 0) is 12.1 Å². The summed E-state index contributed by atoms with van der Waals surface area (Å²) < 4.78 is 43.0. The van der Waals surface area contributed by atoms with Crippen molar-refractivity contribution in [1.29, 1.82) is 0 Å². The molecule has 0 heterocycles. The van der Waals surface area contributed by atoms with Gasteiger partial charge in [0.2, 0.25) is 0 Å². The summed E-state index contributed by atoms with van der Waals surface area (Å²) in [6.45, 7) is 0. The molecule has 1 aromatic carbocycles. The molecular weight excluding hydrogens is 245 g/mol. The molecule has 0 aliphatic heterocycles. The van der Waals surface area contributed by atoms with E-state index in [1.807, 2.05) is 0 Å². The molecule has 0 aromatic heterocycles. The number of anilines is 1. The molecule has 0 amide bonds. The maximum atomic E-state index is 10.5. The van der Waals surface area contributed by atoms with Crippen LogP contribution >= 0.6 is 0 Å². The molecule has 0 saturated heterocycles. The van der Waals surface area contributed by atoms with Gasteiger partial charge in [-0.15, -0.1) is 0 Å². The molecule has 84 valence electrons. The van der Waals surface area contributed by atoms with Crippen LogP contribution in [0.15, 0.2) is 18.2 Å². The van der Waals surface area contributed by atoms with E-state index in [1.165, 1.54) is 32.4 Å². The fourth-order valence-corrected chi connectivity index (χ4v) is 1.46. The van der Waals surface area contributed by atoms with Gasteiger partial charge in [-0.2, -0.15) is 0 Å². The molecule has 0 fully saturated rings. The predicted octanol–water partition coefficient (Wildman–Crippen LogP) is -2.42. The fourth-order valence-electron chi connectivity index (χ4n) is 1.02. The minimum atomic E-state index is -4.55. The van der Waals surface area contributed by atoms with Gasteiger partial charge in [-0.1, -0.05) is 0 Å². The zero-order valence-corrected chi connectivity index (χ0v) is 12.0. The molecule has 16 heavy (non-hydrogen) atoms. The third-order valence-electron chi connectivity index (χ3n) is 1.64. The molecule has 0 spiro atoms. The summed E-state index contributed by atoms with van der Waals surface area (Å²) in [6.07, 6.45) is 0. The van der Waals surface area contributed by atoms with Crippen molar-refractivity contribution in [1.82, 2.24) is 0 Å². The van der Waals surface area contributed by atoms with E-state index in [0.717, 1.165) is 0 Å². The van der Waals surface area contributed by atoms with Crippen LogP contribution in [0, 0.1) is 0 Å². The summed E-state index contributed by atoms with van der Waals surface area (Å²) in [6, 6.07) is 4.36. The number of benzene rings is 1. The van der Waals surface area contributed by atoms with Crippen LogP contribution < -0.4 is 43.8 Å². The average molecular weight is 255 g/mol. The van der Waals surface area contributed by atoms with E-state index in [4.69, 9.17) is 9.47 Å². The summed E-state index contributed by atoms with van der Waals surface area (Å²) in [7, 11) is -1.73. The van der Waals surface area contributed by atoms with E-state index < -0.39 is 10.3 Å². The molecule has 0 bridgehead atoms. The summed E-state index contributed by atoms with van der Waals surface area (Å²) in [5.74, 6) is 0.717. The van der Waals surface area contributed by atoms with Crippen molar-refractivity contribution in [3.8, 4) is 11.5 Å². The van der Waals surface area contributed by atoms with Crippen LogP contribution in [-0.4, -0.2) is 27.2 Å². The third kappa shape index (κ3) is 4.58. The molecule has 0 aliphatic rings. The monoisotopic (exact) mass is 255 g/mol. The second-order valence-electron chi connectivity index (χ2n) is 2.62. The normalized spacial score (nSPS) is 10.2. The molecule has 1 aromatic rings. The van der Waals surface area contributed by atoms with E-state index >= 15 is 0 Å². The second kappa shape index (κ2) is 6.31. The Morgan fingerprint density at radius 3 is 2.31 bits per heavy atom. The maximum Gasteiger partial charge on any atom is 1.00 e. The van der Waals surface area contributed by atoms with Gasteiger partial charge in [0, 0.05) is 6.07 Å². The van der Waals surface area contributed by atoms with Crippen molar-refractivity contribution in [2.24, 2.45) is 0 Å². The molecule has 0 saturated carbocycles. The standard InChI is InChI=1S/C8H11NO5S.Na/c1-13-6-3-4-7(8(5-6)14-2)9-15(10,11)12;/h3-5,9H,1-2H3,(H,10,11,12);/q;+1/p-1. The van der Waals surface area contributed by atoms with E-state index in [0.29, 0.717) is 5.75 Å². The summed E-state index contributed by atoms with van der Waals surface area (Å²) in [5.41, 5.74) is 0.0771. The minimum absolute atomic E-state index is 0. The van der Waals surface area contributed by atoms with Crippen LogP contribution in [0.4, 0.5) is 5.69 Å². The number of nitrogens with one attached hydrogen (secondary N) is 1. The Kier molecular flexibility index (Phi) is 6.13. The molecule has 0 radical (unpaired) electrons. The molecule has 0 unspecified atom stereocenters. The zero-order chi connectivity index (χ0) is 11.5. The summed E-state index contributed by atoms with van der Waals surface area (Å²) in [4.78, 5) is 0. The third-order valence-corrected chi connectivity index (χ3v) is 2.11. The van der Waals surface area contributed by atoms with Crippen molar-refractivity contribution in [2.75, 3.05) is 18.9 Å². The molecule has 6 nitrogen and oxygen atoms in total. The Hall–Kier alpha value is -0.470. The smallest absolute Gasteiger partial charge is 0.731 e. The summed E-state index contributed by atoms with van der Waals surface area (Å²) in [5, 5.41) is 0. The van der Waals surface area contributed by atoms with Crippen LogP contribution in [0.3, 0.4) is 0 Å². The number of ether oxygens (including phenoxy) is 2. The van der Waals surface area contributed by atoms with Gasteiger partial charge in [0.15, 0.2) is 10.3 Å². The van der Waals surface area contributed by atoms with Gasteiger partial charge in [0.25, 0.3) is 0 Å². The van der Waals surface area contributed by atoms with E-state index in [2.05, 4.69) is 0 Å². The largest absolute Gasteiger partial charge is 1.00 e. The molecular formula is C8H10NNaO5S. The van der Waals surface area contributed by atoms with Gasteiger partial charge in [0.1, 0.15) is 11.5 Å². The van der Waals surface area contributed by atoms with E-state index in [9.17, 15) is 13.0 Å². The van der Waals surface area contributed by atoms with Crippen LogP contribution in [0.2, 0.25) is 0 Å². The molecule has 1 N–H and O–H groups in total. The van der Waals surface area contributed by atoms with Crippen molar-refractivity contribution in [3.05, 3.63) is 18.2 Å². The summed E-state index contributed by atoms with van der Waals surface area (Å²) >= 11 is 0. The molecule has 8 heteroatoms. The van der Waals surface area contributed by atoms with Gasteiger partial charge in [0.05, 0.1) is 19.9 Å². The van der Waals surface area contributed by atoms with Crippen LogP contribution in [-0.2, 0) is 10.3 Å². The topological polar surface area (TPSA) is 87.7 Å².